The van der Waals surface area contributed by atoms with Crippen molar-refractivity contribution in [3.05, 3.63) is 0 Å². The minimum Gasteiger partial charge on any atom is -0.356 e. The third-order valence-electron chi connectivity index (χ3n) is 3.86. The van der Waals surface area contributed by atoms with E-state index in [0.717, 1.165) is 24.8 Å². The summed E-state index contributed by atoms with van der Waals surface area (Å²) < 4.78 is 24.8. The van der Waals surface area contributed by atoms with Crippen LogP contribution < -0.4 is 10.6 Å². The molecule has 0 atom stereocenters. The van der Waals surface area contributed by atoms with Crippen LogP contribution in [0.2, 0.25) is 0 Å². The standard InChI is InChI=1S/C12H24N4O2S.HI/c1-13-12(15-10-11-4-2-5-11)14-6-8-16-7-3-9-19(16,17)18;/h11H,2-10H2,1H3,(H2,13,14,15);1H. The molecule has 2 N–H and O–H groups in total. The molecule has 1 saturated heterocycles. The predicted molar refractivity (Wildman–Crippen MR) is 92.1 cm³/mol. The monoisotopic (exact) mass is 416 g/mol. The fourth-order valence-electron chi connectivity index (χ4n) is 2.40. The Balaban J connectivity index is 0.00000200. The second-order valence-electron chi connectivity index (χ2n) is 5.25. The van der Waals surface area contributed by atoms with Crippen LogP contribution >= 0.6 is 24.0 Å². The first kappa shape index (κ1) is 18.0. The van der Waals surface area contributed by atoms with Crippen LogP contribution in [0.25, 0.3) is 0 Å². The van der Waals surface area contributed by atoms with Gasteiger partial charge < -0.3 is 10.6 Å². The molecule has 1 saturated carbocycles. The average Bonchev–Trinajstić information content (AvgIpc) is 2.64. The summed E-state index contributed by atoms with van der Waals surface area (Å²) in [4.78, 5) is 4.15. The van der Waals surface area contributed by atoms with E-state index in [0.29, 0.717) is 25.4 Å². The van der Waals surface area contributed by atoms with Crippen molar-refractivity contribution >= 4 is 40.0 Å². The molecule has 0 unspecified atom stereocenters. The van der Waals surface area contributed by atoms with E-state index in [1.807, 2.05) is 0 Å². The Morgan fingerprint density at radius 3 is 2.55 bits per heavy atom. The molecule has 8 heteroatoms. The van der Waals surface area contributed by atoms with Crippen molar-refractivity contribution in [3.8, 4) is 0 Å². The van der Waals surface area contributed by atoms with Gasteiger partial charge in [-0.1, -0.05) is 6.42 Å². The summed E-state index contributed by atoms with van der Waals surface area (Å²) in [6.07, 6.45) is 4.69. The van der Waals surface area contributed by atoms with Gasteiger partial charge in [-0.2, -0.15) is 0 Å². The van der Waals surface area contributed by atoms with Gasteiger partial charge in [0, 0.05) is 33.2 Å². The molecule has 0 radical (unpaired) electrons. The van der Waals surface area contributed by atoms with Gasteiger partial charge in [0.05, 0.1) is 5.75 Å². The van der Waals surface area contributed by atoms with Crippen molar-refractivity contribution in [2.24, 2.45) is 10.9 Å². The number of halogens is 1. The zero-order chi connectivity index (χ0) is 13.7. The average molecular weight is 416 g/mol. The van der Waals surface area contributed by atoms with Crippen LogP contribution in [0, 0.1) is 5.92 Å². The van der Waals surface area contributed by atoms with Crippen LogP contribution in [-0.4, -0.2) is 57.7 Å². The van der Waals surface area contributed by atoms with Crippen LogP contribution in [-0.2, 0) is 10.0 Å². The van der Waals surface area contributed by atoms with Gasteiger partial charge >= 0.3 is 0 Å². The zero-order valence-electron chi connectivity index (χ0n) is 12.0. The van der Waals surface area contributed by atoms with Gasteiger partial charge in [0.25, 0.3) is 0 Å². The summed E-state index contributed by atoms with van der Waals surface area (Å²) in [5.41, 5.74) is 0. The van der Waals surface area contributed by atoms with E-state index < -0.39 is 10.0 Å². The Morgan fingerprint density at radius 1 is 1.30 bits per heavy atom. The molecule has 2 fully saturated rings. The van der Waals surface area contributed by atoms with Gasteiger partial charge in [-0.25, -0.2) is 12.7 Å². The van der Waals surface area contributed by atoms with Crippen LogP contribution in [0.3, 0.4) is 0 Å². The summed E-state index contributed by atoms with van der Waals surface area (Å²) >= 11 is 0. The number of nitrogens with one attached hydrogen (secondary N) is 2. The van der Waals surface area contributed by atoms with Gasteiger partial charge in [0.15, 0.2) is 5.96 Å². The topological polar surface area (TPSA) is 73.8 Å². The number of guanidine groups is 1. The van der Waals surface area contributed by atoms with Crippen molar-refractivity contribution in [2.45, 2.75) is 25.7 Å². The Kier molecular flexibility index (Phi) is 7.52. The first-order valence-corrected chi connectivity index (χ1v) is 8.65. The lowest BCUT2D eigenvalue weighted by molar-refractivity contribution is 0.314. The first-order chi connectivity index (χ1) is 9.12. The van der Waals surface area contributed by atoms with Crippen LogP contribution in [0.4, 0.5) is 0 Å². The molecule has 0 amide bonds. The molecule has 20 heavy (non-hydrogen) atoms. The van der Waals surface area contributed by atoms with Crippen molar-refractivity contribution in [1.82, 2.24) is 14.9 Å². The second kappa shape index (κ2) is 8.38. The molecule has 1 heterocycles. The van der Waals surface area contributed by atoms with Gasteiger partial charge in [-0.05, 0) is 25.2 Å². The fraction of sp³-hybridized carbons (Fsp3) is 0.917. The molecule has 0 bridgehead atoms. The maximum Gasteiger partial charge on any atom is 0.214 e. The van der Waals surface area contributed by atoms with E-state index in [2.05, 4.69) is 15.6 Å². The third-order valence-corrected chi connectivity index (χ3v) is 5.82. The summed E-state index contributed by atoms with van der Waals surface area (Å²) in [7, 11) is -1.24. The van der Waals surface area contributed by atoms with E-state index >= 15 is 0 Å². The molecule has 1 aliphatic heterocycles. The highest BCUT2D eigenvalue weighted by molar-refractivity contribution is 14.0. The van der Waals surface area contributed by atoms with E-state index in [1.54, 1.807) is 11.4 Å². The maximum absolute atomic E-state index is 11.6. The largest absolute Gasteiger partial charge is 0.356 e. The SMILES string of the molecule is CN=C(NCCN1CCCS1(=O)=O)NCC1CCC1.I. The minimum atomic E-state index is -2.98. The van der Waals surface area contributed by atoms with E-state index in [-0.39, 0.29) is 24.0 Å². The van der Waals surface area contributed by atoms with Gasteiger partial charge in [0.1, 0.15) is 0 Å². The van der Waals surface area contributed by atoms with Crippen molar-refractivity contribution < 1.29 is 8.42 Å². The Labute approximate surface area is 138 Å². The fourth-order valence-corrected chi connectivity index (χ4v) is 3.93. The summed E-state index contributed by atoms with van der Waals surface area (Å²) in [5, 5.41) is 6.46. The number of hydrogen-bond acceptors (Lipinski definition) is 3. The number of hydrogen-bond donors (Lipinski definition) is 2. The Morgan fingerprint density at radius 2 is 2.05 bits per heavy atom. The van der Waals surface area contributed by atoms with Gasteiger partial charge in [-0.15, -0.1) is 24.0 Å². The molecule has 0 aromatic heterocycles. The van der Waals surface area contributed by atoms with Crippen LogP contribution in [0.5, 0.6) is 0 Å². The Hall–Kier alpha value is -0.0900. The van der Waals surface area contributed by atoms with Crippen molar-refractivity contribution in [1.29, 1.82) is 0 Å². The first-order valence-electron chi connectivity index (χ1n) is 7.04. The highest BCUT2D eigenvalue weighted by Crippen LogP contribution is 2.24. The Bertz CT molecular complexity index is 423. The molecule has 118 valence electrons. The smallest absolute Gasteiger partial charge is 0.214 e. The highest BCUT2D eigenvalue weighted by atomic mass is 127. The van der Waals surface area contributed by atoms with Gasteiger partial charge in [-0.3, -0.25) is 4.99 Å². The number of rotatable bonds is 5. The van der Waals surface area contributed by atoms with Gasteiger partial charge in [0.2, 0.25) is 10.0 Å². The molecule has 0 aromatic rings. The predicted octanol–water partition coefficient (Wildman–Crippen LogP) is 0.605. The molecular weight excluding hydrogens is 391 g/mol. The quantitative estimate of drug-likeness (QED) is 0.391. The van der Waals surface area contributed by atoms with Crippen molar-refractivity contribution in [2.75, 3.05) is 39.0 Å². The lowest BCUT2D eigenvalue weighted by Crippen LogP contribution is -2.44. The minimum absolute atomic E-state index is 0. The van der Waals surface area contributed by atoms with Crippen molar-refractivity contribution in [3.63, 3.8) is 0 Å². The summed E-state index contributed by atoms with van der Waals surface area (Å²) in [6, 6.07) is 0. The molecule has 2 rings (SSSR count). The highest BCUT2D eigenvalue weighted by Gasteiger charge is 2.27. The molecule has 6 nitrogen and oxygen atoms in total. The van der Waals surface area contributed by atoms with E-state index in [4.69, 9.17) is 0 Å². The van der Waals surface area contributed by atoms with E-state index in [1.165, 1.54) is 19.3 Å². The molecule has 2 aliphatic rings. The lowest BCUT2D eigenvalue weighted by Gasteiger charge is -2.26. The third kappa shape index (κ3) is 5.03. The molecule has 0 aromatic carbocycles. The molecular formula is C12H25IN4O2S. The number of nitrogens with zero attached hydrogens (tertiary/aromatic N) is 2. The normalized spacial score (nSPS) is 22.9. The lowest BCUT2D eigenvalue weighted by atomic mass is 9.85. The number of aliphatic imine (C=N–C) groups is 1. The zero-order valence-corrected chi connectivity index (χ0v) is 15.1. The van der Waals surface area contributed by atoms with E-state index in [9.17, 15) is 8.42 Å². The summed E-state index contributed by atoms with van der Waals surface area (Å²) in [5.74, 6) is 1.84. The number of sulfonamides is 1. The maximum atomic E-state index is 11.6. The van der Waals surface area contributed by atoms with Crippen LogP contribution in [0.1, 0.15) is 25.7 Å². The van der Waals surface area contributed by atoms with Crippen LogP contribution in [0.15, 0.2) is 4.99 Å². The molecule has 0 spiro atoms. The second-order valence-corrected chi connectivity index (χ2v) is 7.33. The molecule has 1 aliphatic carbocycles. The summed E-state index contributed by atoms with van der Waals surface area (Å²) in [6.45, 7) is 2.73.